The summed E-state index contributed by atoms with van der Waals surface area (Å²) < 4.78 is 26.6. The van der Waals surface area contributed by atoms with Gasteiger partial charge in [0.25, 0.3) is 10.1 Å². The Morgan fingerprint density at radius 3 is 1.88 bits per heavy atom. The summed E-state index contributed by atoms with van der Waals surface area (Å²) in [5, 5.41) is 0. The molecule has 6 heteroatoms. The summed E-state index contributed by atoms with van der Waals surface area (Å²) in [6.45, 7) is 1.28. The molecule has 0 bridgehead atoms. The van der Waals surface area contributed by atoms with Crippen molar-refractivity contribution >= 4 is 60.5 Å². The third-order valence-electron chi connectivity index (χ3n) is 0.431. The van der Waals surface area contributed by atoms with E-state index in [-0.39, 0.29) is 40.6 Å². The van der Waals surface area contributed by atoms with Crippen molar-refractivity contribution < 1.29 is 15.8 Å². The maximum Gasteiger partial charge on any atom is 2.00 e. The molecule has 0 spiro atoms. The normalized spacial score (nSPS) is 14.4. The minimum absolute atomic E-state index is 0. The number of hydrogen-bond donors (Lipinski definition) is 2. The van der Waals surface area contributed by atoms with Gasteiger partial charge in [0.2, 0.25) is 0 Å². The molecule has 0 saturated carbocycles. The van der Waals surface area contributed by atoms with Crippen molar-refractivity contribution in [1.82, 2.24) is 0 Å². The van der Waals surface area contributed by atoms with Crippen LogP contribution in [0.15, 0.2) is 0 Å². The third-order valence-corrected chi connectivity index (χ3v) is 2.09. The zero-order valence-corrected chi connectivity index (χ0v) is 8.32. The van der Waals surface area contributed by atoms with Gasteiger partial charge in [-0.25, -0.2) is 0 Å². The Bertz CT molecular complexity index is 145. The molecular formula is C2H8CaO3S2. The first kappa shape index (κ1) is 12.2. The predicted molar refractivity (Wildman–Crippen MR) is 38.0 cm³/mol. The SMILES string of the molecule is CC(S)S(=O)(=O)O.[Ca+2].[H-].[H-]. The molecule has 0 aromatic heterocycles. The predicted octanol–water partition coefficient (Wildman–Crippen LogP) is -0.00580. The number of thiol groups is 1. The van der Waals surface area contributed by atoms with Gasteiger partial charge in [-0.15, -0.1) is 0 Å². The monoisotopic (exact) mass is 184 g/mol. The molecule has 0 aliphatic rings. The summed E-state index contributed by atoms with van der Waals surface area (Å²) in [7, 11) is -3.88. The van der Waals surface area contributed by atoms with E-state index in [2.05, 4.69) is 12.6 Å². The van der Waals surface area contributed by atoms with Crippen LogP contribution in [0.25, 0.3) is 0 Å². The van der Waals surface area contributed by atoms with E-state index in [1.54, 1.807) is 0 Å². The van der Waals surface area contributed by atoms with Crippen LogP contribution < -0.4 is 0 Å². The molecule has 0 rings (SSSR count). The van der Waals surface area contributed by atoms with Crippen molar-refractivity contribution in [1.29, 1.82) is 0 Å². The molecule has 3 nitrogen and oxygen atoms in total. The van der Waals surface area contributed by atoms with Crippen LogP contribution in [0, 0.1) is 0 Å². The van der Waals surface area contributed by atoms with Gasteiger partial charge in [0.05, 0.1) is 0 Å². The van der Waals surface area contributed by atoms with E-state index < -0.39 is 14.7 Å². The van der Waals surface area contributed by atoms with E-state index in [0.717, 1.165) is 0 Å². The van der Waals surface area contributed by atoms with Crippen molar-refractivity contribution in [2.24, 2.45) is 0 Å². The van der Waals surface area contributed by atoms with Gasteiger partial charge in [-0.3, -0.25) is 4.55 Å². The second-order valence-corrected chi connectivity index (χ2v) is 3.98. The molecule has 0 radical (unpaired) electrons. The Hall–Kier alpha value is 1.52. The average molecular weight is 184 g/mol. The molecule has 1 unspecified atom stereocenters. The van der Waals surface area contributed by atoms with E-state index in [1.807, 2.05) is 0 Å². The Balaban J connectivity index is -0.0000000600. The zero-order valence-electron chi connectivity index (χ0n) is 6.40. The van der Waals surface area contributed by atoms with E-state index in [4.69, 9.17) is 4.55 Å². The largest absolute Gasteiger partial charge is 2.00 e. The molecule has 8 heavy (non-hydrogen) atoms. The van der Waals surface area contributed by atoms with E-state index >= 15 is 0 Å². The van der Waals surface area contributed by atoms with Gasteiger partial charge in [0.15, 0.2) is 0 Å². The number of rotatable bonds is 1. The fourth-order valence-electron chi connectivity index (χ4n) is 0. The van der Waals surface area contributed by atoms with Gasteiger partial charge in [-0.2, -0.15) is 21.0 Å². The molecule has 1 atom stereocenters. The molecular weight excluding hydrogens is 176 g/mol. The summed E-state index contributed by atoms with van der Waals surface area (Å²) in [4.78, 5) is 0. The Labute approximate surface area is 87.0 Å². The van der Waals surface area contributed by atoms with Gasteiger partial charge in [0.1, 0.15) is 4.58 Å². The number of hydrogen-bond acceptors (Lipinski definition) is 3. The van der Waals surface area contributed by atoms with Crippen molar-refractivity contribution in [3.05, 3.63) is 0 Å². The quantitative estimate of drug-likeness (QED) is 0.342. The molecule has 0 aromatic carbocycles. The Morgan fingerprint density at radius 2 is 1.88 bits per heavy atom. The second-order valence-electron chi connectivity index (χ2n) is 1.11. The zero-order chi connectivity index (χ0) is 6.08. The molecule has 48 valence electrons. The Kier molecular flexibility index (Phi) is 6.65. The fourth-order valence-corrected chi connectivity index (χ4v) is 0. The molecule has 0 saturated heterocycles. The van der Waals surface area contributed by atoms with Crippen LogP contribution >= 0.6 is 12.6 Å². The smallest absolute Gasteiger partial charge is 1.00 e. The topological polar surface area (TPSA) is 54.4 Å². The van der Waals surface area contributed by atoms with E-state index in [0.29, 0.717) is 0 Å². The third kappa shape index (κ3) is 5.65. The summed E-state index contributed by atoms with van der Waals surface area (Å²) >= 11 is 3.44. The molecule has 0 heterocycles. The summed E-state index contributed by atoms with van der Waals surface area (Å²) in [6.07, 6.45) is 0. The van der Waals surface area contributed by atoms with Crippen molar-refractivity contribution in [2.45, 2.75) is 11.5 Å². The van der Waals surface area contributed by atoms with Crippen LogP contribution in [0.1, 0.15) is 9.78 Å². The summed E-state index contributed by atoms with van der Waals surface area (Å²) in [5.74, 6) is 0. The van der Waals surface area contributed by atoms with Crippen LogP contribution in [-0.2, 0) is 10.1 Å². The molecule has 0 aromatic rings. The van der Waals surface area contributed by atoms with Crippen LogP contribution in [0.5, 0.6) is 0 Å². The maximum atomic E-state index is 9.81. The molecule has 0 fully saturated rings. The second kappa shape index (κ2) is 4.35. The molecule has 1 N–H and O–H groups in total. The van der Waals surface area contributed by atoms with Crippen LogP contribution in [0.2, 0.25) is 0 Å². The van der Waals surface area contributed by atoms with Gasteiger partial charge in [-0.05, 0) is 6.92 Å². The molecule has 0 amide bonds. The maximum absolute atomic E-state index is 9.81. The first-order valence-electron chi connectivity index (χ1n) is 1.59. The van der Waals surface area contributed by atoms with Crippen LogP contribution in [0.4, 0.5) is 0 Å². The van der Waals surface area contributed by atoms with Crippen LogP contribution in [-0.4, -0.2) is 55.3 Å². The van der Waals surface area contributed by atoms with Crippen LogP contribution in [0.3, 0.4) is 0 Å². The Morgan fingerprint density at radius 1 is 1.75 bits per heavy atom. The fraction of sp³-hybridized carbons (Fsp3) is 1.00. The molecule has 0 aliphatic heterocycles. The van der Waals surface area contributed by atoms with Gasteiger partial charge < -0.3 is 2.85 Å². The summed E-state index contributed by atoms with van der Waals surface area (Å²) in [6, 6.07) is 0. The van der Waals surface area contributed by atoms with Crippen molar-refractivity contribution in [3.63, 3.8) is 0 Å². The van der Waals surface area contributed by atoms with Crippen molar-refractivity contribution in [2.75, 3.05) is 0 Å². The van der Waals surface area contributed by atoms with E-state index in [9.17, 15) is 8.42 Å². The standard InChI is InChI=1S/C2H6O3S2.Ca.2H/c1-2(6)7(3,4)5;;;/h2,6H,1H3,(H,3,4,5);;;/q;+2;2*-1. The van der Waals surface area contributed by atoms with Crippen molar-refractivity contribution in [3.8, 4) is 0 Å². The summed E-state index contributed by atoms with van der Waals surface area (Å²) in [5.41, 5.74) is 0. The van der Waals surface area contributed by atoms with Gasteiger partial charge in [0, 0.05) is 0 Å². The van der Waals surface area contributed by atoms with Gasteiger partial charge >= 0.3 is 37.7 Å². The minimum Gasteiger partial charge on any atom is -1.00 e. The minimum atomic E-state index is -3.88. The first-order valence-corrected chi connectivity index (χ1v) is 3.61. The van der Waals surface area contributed by atoms with E-state index in [1.165, 1.54) is 6.92 Å². The van der Waals surface area contributed by atoms with Gasteiger partial charge in [-0.1, -0.05) is 0 Å². The first-order chi connectivity index (χ1) is 2.94. The molecule has 0 aliphatic carbocycles. The average Bonchev–Trinajstić information content (AvgIpc) is 1.31.